The van der Waals surface area contributed by atoms with Crippen LogP contribution in [-0.4, -0.2) is 27.2 Å². The van der Waals surface area contributed by atoms with Crippen molar-refractivity contribution in [1.82, 2.24) is 19.9 Å². The fourth-order valence-electron chi connectivity index (χ4n) is 3.69. The molecule has 168 valence electrons. The van der Waals surface area contributed by atoms with Crippen LogP contribution >= 0.6 is 0 Å². The predicted octanol–water partition coefficient (Wildman–Crippen LogP) is 5.07. The second-order valence-corrected chi connectivity index (χ2v) is 7.76. The minimum Gasteiger partial charge on any atom is -0.445 e. The maximum absolute atomic E-state index is 13.9. The summed E-state index contributed by atoms with van der Waals surface area (Å²) in [6.45, 7) is 2.59. The first kappa shape index (κ1) is 22.2. The number of carbonyl (C=O) groups is 1. The molecule has 2 aromatic carbocycles. The Hall–Kier alpha value is -4.00. The van der Waals surface area contributed by atoms with Gasteiger partial charge in [0, 0.05) is 43.4 Å². The summed E-state index contributed by atoms with van der Waals surface area (Å²) in [6, 6.07) is 20.7. The Morgan fingerprint density at radius 3 is 2.64 bits per heavy atom. The number of benzene rings is 2. The van der Waals surface area contributed by atoms with Crippen LogP contribution in [0.4, 0.5) is 9.18 Å². The Balaban J connectivity index is 1.51. The van der Waals surface area contributed by atoms with Gasteiger partial charge in [-0.25, -0.2) is 14.8 Å². The van der Waals surface area contributed by atoms with Crippen molar-refractivity contribution in [1.29, 1.82) is 0 Å². The molecule has 33 heavy (non-hydrogen) atoms. The highest BCUT2D eigenvalue weighted by atomic mass is 19.1. The number of carbonyl (C=O) groups excluding carboxylic acids is 1. The lowest BCUT2D eigenvalue weighted by molar-refractivity contribution is 0.139. The van der Waals surface area contributed by atoms with Gasteiger partial charge in [0.2, 0.25) is 5.95 Å². The third kappa shape index (κ3) is 5.44. The summed E-state index contributed by atoms with van der Waals surface area (Å²) in [5.74, 6) is 0.218. The zero-order valence-corrected chi connectivity index (χ0v) is 18.6. The smallest absolute Gasteiger partial charge is 0.407 e. The molecule has 0 aliphatic rings. The first-order chi connectivity index (χ1) is 16.0. The monoisotopic (exact) mass is 444 g/mol. The standard InChI is InChI=1S/C26H25FN4O2/c1-18-7-6-10-20(15-18)24-25(21-11-13-28-22(27)16-21)31(2)23(30-24)12-14-29-26(32)33-17-19-8-4-3-5-9-19/h3-11,13,15-16H,12,14,17H2,1-2H3,(H,29,32). The van der Waals surface area contributed by atoms with Crippen molar-refractivity contribution >= 4 is 6.09 Å². The van der Waals surface area contributed by atoms with Crippen molar-refractivity contribution in [3.8, 4) is 22.5 Å². The Bertz CT molecular complexity index is 1250. The molecule has 4 rings (SSSR count). The van der Waals surface area contributed by atoms with Gasteiger partial charge in [-0.15, -0.1) is 0 Å². The van der Waals surface area contributed by atoms with Crippen LogP contribution < -0.4 is 5.32 Å². The largest absolute Gasteiger partial charge is 0.445 e. The predicted molar refractivity (Wildman–Crippen MR) is 125 cm³/mol. The van der Waals surface area contributed by atoms with Crippen LogP contribution in [0.15, 0.2) is 72.9 Å². The Labute approximate surface area is 192 Å². The number of ether oxygens (including phenoxy) is 1. The number of aryl methyl sites for hydroxylation is 1. The molecular formula is C26H25FN4O2. The molecule has 0 aliphatic heterocycles. The Morgan fingerprint density at radius 2 is 1.88 bits per heavy atom. The van der Waals surface area contributed by atoms with Crippen molar-refractivity contribution in [3.63, 3.8) is 0 Å². The quantitative estimate of drug-likeness (QED) is 0.404. The van der Waals surface area contributed by atoms with Crippen LogP contribution in [0.1, 0.15) is 17.0 Å². The van der Waals surface area contributed by atoms with Gasteiger partial charge in [0.25, 0.3) is 0 Å². The second-order valence-electron chi connectivity index (χ2n) is 7.76. The fraction of sp³-hybridized carbons (Fsp3) is 0.192. The van der Waals surface area contributed by atoms with Crippen LogP contribution in [0.3, 0.4) is 0 Å². The van der Waals surface area contributed by atoms with Gasteiger partial charge in [0.1, 0.15) is 12.4 Å². The molecule has 0 spiro atoms. The molecule has 0 fully saturated rings. The van der Waals surface area contributed by atoms with E-state index in [0.29, 0.717) is 18.5 Å². The molecule has 4 aromatic rings. The second kappa shape index (κ2) is 10.1. The molecule has 0 saturated carbocycles. The maximum Gasteiger partial charge on any atom is 0.407 e. The number of amides is 1. The summed E-state index contributed by atoms with van der Waals surface area (Å²) in [4.78, 5) is 20.6. The first-order valence-corrected chi connectivity index (χ1v) is 10.7. The summed E-state index contributed by atoms with van der Waals surface area (Å²) in [7, 11) is 1.89. The lowest BCUT2D eigenvalue weighted by Crippen LogP contribution is -2.27. The molecule has 1 N–H and O–H groups in total. The van der Waals surface area contributed by atoms with Crippen molar-refractivity contribution in [2.75, 3.05) is 6.54 Å². The highest BCUT2D eigenvalue weighted by molar-refractivity contribution is 5.79. The van der Waals surface area contributed by atoms with Crippen LogP contribution in [0.2, 0.25) is 0 Å². The van der Waals surface area contributed by atoms with Gasteiger partial charge in [0.15, 0.2) is 0 Å². The minimum atomic E-state index is -0.548. The average Bonchev–Trinajstić information content (AvgIpc) is 3.14. The van der Waals surface area contributed by atoms with E-state index in [4.69, 9.17) is 9.72 Å². The van der Waals surface area contributed by atoms with Gasteiger partial charge in [-0.05, 0) is 24.6 Å². The molecule has 0 unspecified atom stereocenters. The maximum atomic E-state index is 13.9. The highest BCUT2D eigenvalue weighted by Gasteiger charge is 2.19. The molecule has 0 saturated heterocycles. The van der Waals surface area contributed by atoms with E-state index in [9.17, 15) is 9.18 Å². The lowest BCUT2D eigenvalue weighted by Gasteiger charge is -2.09. The van der Waals surface area contributed by atoms with Crippen LogP contribution in [0.25, 0.3) is 22.5 Å². The Kier molecular flexibility index (Phi) is 6.78. The topological polar surface area (TPSA) is 69.0 Å². The molecule has 0 bridgehead atoms. The molecule has 6 nitrogen and oxygen atoms in total. The van der Waals surface area contributed by atoms with E-state index in [1.165, 1.54) is 12.3 Å². The molecule has 7 heteroatoms. The Morgan fingerprint density at radius 1 is 1.06 bits per heavy atom. The van der Waals surface area contributed by atoms with Gasteiger partial charge < -0.3 is 14.6 Å². The van der Waals surface area contributed by atoms with E-state index in [0.717, 1.165) is 33.9 Å². The van der Waals surface area contributed by atoms with Gasteiger partial charge in [-0.3, -0.25) is 0 Å². The van der Waals surface area contributed by atoms with E-state index in [1.54, 1.807) is 6.07 Å². The van der Waals surface area contributed by atoms with E-state index in [-0.39, 0.29) is 6.61 Å². The normalized spacial score (nSPS) is 10.8. The molecule has 1 amide bonds. The van der Waals surface area contributed by atoms with Crippen molar-refractivity contribution in [2.45, 2.75) is 20.0 Å². The first-order valence-electron chi connectivity index (χ1n) is 10.7. The number of aromatic nitrogens is 3. The average molecular weight is 445 g/mol. The number of nitrogens with zero attached hydrogens (tertiary/aromatic N) is 3. The number of pyridine rings is 1. The number of alkyl carbamates (subject to hydrolysis) is 1. The van der Waals surface area contributed by atoms with E-state index in [2.05, 4.69) is 10.3 Å². The van der Waals surface area contributed by atoms with Gasteiger partial charge >= 0.3 is 6.09 Å². The van der Waals surface area contributed by atoms with Crippen molar-refractivity contribution in [2.24, 2.45) is 7.05 Å². The van der Waals surface area contributed by atoms with Gasteiger partial charge in [-0.1, -0.05) is 54.1 Å². The number of nitrogens with one attached hydrogen (secondary N) is 1. The zero-order chi connectivity index (χ0) is 23.2. The van der Waals surface area contributed by atoms with E-state index in [1.807, 2.05) is 73.1 Å². The number of hydrogen-bond acceptors (Lipinski definition) is 4. The number of halogens is 1. The minimum absolute atomic E-state index is 0.213. The van der Waals surface area contributed by atoms with Crippen molar-refractivity contribution < 1.29 is 13.9 Å². The van der Waals surface area contributed by atoms with E-state index >= 15 is 0 Å². The highest BCUT2D eigenvalue weighted by Crippen LogP contribution is 2.32. The molecule has 0 radical (unpaired) electrons. The van der Waals surface area contributed by atoms with Crippen LogP contribution in [0, 0.1) is 12.9 Å². The number of hydrogen-bond donors (Lipinski definition) is 1. The zero-order valence-electron chi connectivity index (χ0n) is 18.6. The summed E-state index contributed by atoms with van der Waals surface area (Å²) in [5, 5.41) is 2.77. The SMILES string of the molecule is Cc1cccc(-c2nc(CCNC(=O)OCc3ccccc3)n(C)c2-c2ccnc(F)c2)c1. The summed E-state index contributed by atoms with van der Waals surface area (Å²) >= 11 is 0. The summed E-state index contributed by atoms with van der Waals surface area (Å²) in [5.41, 5.74) is 5.22. The van der Waals surface area contributed by atoms with Gasteiger partial charge in [-0.2, -0.15) is 4.39 Å². The number of rotatable bonds is 7. The summed E-state index contributed by atoms with van der Waals surface area (Å²) < 4.78 is 21.1. The molecule has 2 heterocycles. The van der Waals surface area contributed by atoms with Crippen LogP contribution in [0.5, 0.6) is 0 Å². The molecule has 0 aliphatic carbocycles. The molecule has 0 atom stereocenters. The molecule has 2 aromatic heterocycles. The molecular weight excluding hydrogens is 419 g/mol. The third-order valence-electron chi connectivity index (χ3n) is 5.31. The fourth-order valence-corrected chi connectivity index (χ4v) is 3.69. The third-order valence-corrected chi connectivity index (χ3v) is 5.31. The van der Waals surface area contributed by atoms with Gasteiger partial charge in [0.05, 0.1) is 11.4 Å². The lowest BCUT2D eigenvalue weighted by atomic mass is 10.0. The van der Waals surface area contributed by atoms with E-state index < -0.39 is 12.0 Å². The summed E-state index contributed by atoms with van der Waals surface area (Å²) in [6.07, 6.45) is 1.45. The number of imidazole rings is 1. The van der Waals surface area contributed by atoms with Crippen LogP contribution in [-0.2, 0) is 24.8 Å². The van der Waals surface area contributed by atoms with Crippen molar-refractivity contribution in [3.05, 3.63) is 95.8 Å².